The standard InChI is InChI=1S/C59H72O11Si2/c1-11-36-67-54(64)52-47(61)37-46(59(55(65)66-10)51(63)35-33-48(53(52)59)70-72(57(6,7)8,44-28-20-14-21-29-44)45-30-22-15-23-31-45)49(69-40(2)60)38-58(9)41(32-34-50(58)62)39-68-71(56(3,4)5,42-24-16-12-17-25-42)43-26-18-13-19-27-43/h11-31,41,46,48-49,52-53H,1,32-39H2,2-10H3/t41-,46-,48+,49-,52?,53+,58-,59-/m1/s1. The van der Waals surface area contributed by atoms with Gasteiger partial charge < -0.3 is 23.1 Å². The number of carbonyl (C=O) groups excluding carboxylic acids is 6. The Bertz CT molecular complexity index is 2520. The lowest BCUT2D eigenvalue weighted by Crippen LogP contribution is -2.72. The first kappa shape index (κ1) is 54.2. The molecule has 3 aliphatic carbocycles. The van der Waals surface area contributed by atoms with E-state index in [2.05, 4.69) is 72.4 Å². The van der Waals surface area contributed by atoms with Crippen molar-refractivity contribution in [2.45, 2.75) is 116 Å². The van der Waals surface area contributed by atoms with Gasteiger partial charge in [-0.3, -0.25) is 28.8 Å². The molecule has 0 radical (unpaired) electrons. The van der Waals surface area contributed by atoms with Crippen molar-refractivity contribution in [2.75, 3.05) is 20.3 Å². The molecule has 0 amide bonds. The van der Waals surface area contributed by atoms with Gasteiger partial charge in [0.15, 0.2) is 5.78 Å². The lowest BCUT2D eigenvalue weighted by molar-refractivity contribution is -0.202. The van der Waals surface area contributed by atoms with Crippen LogP contribution in [0.4, 0.5) is 0 Å². The number of ether oxygens (including phenoxy) is 3. The summed E-state index contributed by atoms with van der Waals surface area (Å²) in [5.74, 6) is -8.76. The Morgan fingerprint density at radius 2 is 1.19 bits per heavy atom. The first-order valence-corrected chi connectivity index (χ1v) is 29.1. The van der Waals surface area contributed by atoms with Crippen LogP contribution in [-0.4, -0.2) is 84.4 Å². The van der Waals surface area contributed by atoms with Crippen molar-refractivity contribution in [3.8, 4) is 0 Å². The van der Waals surface area contributed by atoms with Crippen LogP contribution in [0.1, 0.15) is 93.9 Å². The van der Waals surface area contributed by atoms with Gasteiger partial charge in [-0.25, -0.2) is 0 Å². The fraction of sp³-hybridized carbons (Fsp3) is 0.458. The van der Waals surface area contributed by atoms with E-state index < -0.39 is 104 Å². The van der Waals surface area contributed by atoms with Gasteiger partial charge in [0, 0.05) is 50.0 Å². The molecule has 382 valence electrons. The summed E-state index contributed by atoms with van der Waals surface area (Å²) in [5.41, 5.74) is -3.49. The maximum atomic E-state index is 15.5. The Labute approximate surface area is 427 Å². The average Bonchev–Trinajstić information content (AvgIpc) is 3.63. The molecule has 0 bridgehead atoms. The molecule has 4 aromatic rings. The Balaban J connectivity index is 1.39. The molecule has 3 fully saturated rings. The zero-order chi connectivity index (χ0) is 52.3. The summed E-state index contributed by atoms with van der Waals surface area (Å²) in [4.78, 5) is 88.8. The average molecular weight is 1010 g/mol. The fourth-order valence-electron chi connectivity index (χ4n) is 12.9. The van der Waals surface area contributed by atoms with Gasteiger partial charge in [-0.05, 0) is 56.0 Å². The summed E-state index contributed by atoms with van der Waals surface area (Å²) >= 11 is 0. The number of carbonyl (C=O) groups is 6. The van der Waals surface area contributed by atoms with Crippen molar-refractivity contribution in [1.29, 1.82) is 0 Å². The van der Waals surface area contributed by atoms with E-state index in [9.17, 15) is 14.4 Å². The molecule has 0 spiro atoms. The molecule has 72 heavy (non-hydrogen) atoms. The number of rotatable bonds is 17. The lowest BCUT2D eigenvalue weighted by Gasteiger charge is -2.57. The van der Waals surface area contributed by atoms with Gasteiger partial charge in [0.2, 0.25) is 0 Å². The third kappa shape index (κ3) is 9.58. The molecule has 0 N–H and O–H groups in total. The molecule has 0 aliphatic heterocycles. The highest BCUT2D eigenvalue weighted by molar-refractivity contribution is 7.00. The van der Waals surface area contributed by atoms with E-state index >= 15 is 14.4 Å². The molecule has 11 nitrogen and oxygen atoms in total. The molecular formula is C59H72O11Si2. The van der Waals surface area contributed by atoms with E-state index in [0.717, 1.165) is 20.7 Å². The van der Waals surface area contributed by atoms with Crippen molar-refractivity contribution in [1.82, 2.24) is 0 Å². The summed E-state index contributed by atoms with van der Waals surface area (Å²) in [5, 5.41) is 3.01. The summed E-state index contributed by atoms with van der Waals surface area (Å²) in [6.45, 7) is 19.6. The van der Waals surface area contributed by atoms with Crippen molar-refractivity contribution < 1.29 is 51.8 Å². The van der Waals surface area contributed by atoms with E-state index in [0.29, 0.717) is 6.42 Å². The minimum Gasteiger partial charge on any atom is -0.468 e. The Kier molecular flexibility index (Phi) is 16.2. The number of ketones is 3. The SMILES string of the molecule is C=CCOC(=O)C1C(=O)C[C@H]([C@@H](C[C@@]2(C)C(=O)CC[C@@H]2CO[Si](c2ccccc2)(c2ccccc2)C(C)(C)C)OC(C)=O)[C@@]2(C(=O)OC)C(=O)CC[C@H](O[Si](c3ccccc3)(c3ccccc3)C(C)(C)C)[C@@H]12. The molecule has 8 atom stereocenters. The van der Waals surface area contributed by atoms with Crippen LogP contribution in [0.15, 0.2) is 134 Å². The summed E-state index contributed by atoms with van der Waals surface area (Å²) < 4.78 is 32.9. The van der Waals surface area contributed by atoms with Crippen LogP contribution in [-0.2, 0) is 51.8 Å². The molecule has 0 aromatic heterocycles. The predicted octanol–water partition coefficient (Wildman–Crippen LogP) is 7.89. The van der Waals surface area contributed by atoms with E-state index in [1.165, 1.54) is 20.1 Å². The second-order valence-corrected chi connectivity index (χ2v) is 30.8. The van der Waals surface area contributed by atoms with E-state index in [4.69, 9.17) is 23.1 Å². The topological polar surface area (TPSA) is 149 Å². The normalized spacial score (nSPS) is 25.2. The highest BCUT2D eigenvalue weighted by Crippen LogP contribution is 2.59. The molecule has 3 aliphatic rings. The molecule has 0 heterocycles. The minimum absolute atomic E-state index is 0.0636. The summed E-state index contributed by atoms with van der Waals surface area (Å²) in [6, 6.07) is 40.1. The van der Waals surface area contributed by atoms with E-state index in [1.807, 2.05) is 104 Å². The third-order valence-electron chi connectivity index (χ3n) is 16.2. The fourth-order valence-corrected chi connectivity index (χ4v) is 22.2. The van der Waals surface area contributed by atoms with Crippen LogP contribution in [0.5, 0.6) is 0 Å². The largest absolute Gasteiger partial charge is 0.468 e. The number of benzene rings is 4. The number of fused-ring (bicyclic) bond motifs is 1. The molecule has 7 rings (SSSR count). The van der Waals surface area contributed by atoms with Gasteiger partial charge in [0.1, 0.15) is 35.6 Å². The molecule has 3 saturated carbocycles. The van der Waals surface area contributed by atoms with Crippen LogP contribution in [0, 0.1) is 34.5 Å². The van der Waals surface area contributed by atoms with Gasteiger partial charge in [-0.1, -0.05) is 182 Å². The smallest absolute Gasteiger partial charge is 0.320 e. The van der Waals surface area contributed by atoms with Crippen molar-refractivity contribution in [2.24, 2.45) is 34.5 Å². The third-order valence-corrected chi connectivity index (χ3v) is 26.3. The summed E-state index contributed by atoms with van der Waals surface area (Å²) in [7, 11) is -5.46. The number of hydrogen-bond donors (Lipinski definition) is 0. The zero-order valence-corrected chi connectivity index (χ0v) is 45.4. The van der Waals surface area contributed by atoms with Crippen LogP contribution in [0.25, 0.3) is 0 Å². The van der Waals surface area contributed by atoms with E-state index in [1.54, 1.807) is 0 Å². The number of Topliss-reactive ketones (excluding diaryl/α,β-unsaturated/α-hetero) is 3. The second kappa shape index (κ2) is 21.5. The Morgan fingerprint density at radius 1 is 0.722 bits per heavy atom. The molecule has 0 saturated heterocycles. The van der Waals surface area contributed by atoms with Gasteiger partial charge in [-0.2, -0.15) is 0 Å². The Hall–Kier alpha value is -5.61. The van der Waals surface area contributed by atoms with Gasteiger partial charge >= 0.3 is 17.9 Å². The van der Waals surface area contributed by atoms with Crippen LogP contribution in [0.2, 0.25) is 10.1 Å². The first-order chi connectivity index (χ1) is 34.1. The van der Waals surface area contributed by atoms with Gasteiger partial charge in [0.05, 0.1) is 13.2 Å². The Morgan fingerprint density at radius 3 is 1.64 bits per heavy atom. The van der Waals surface area contributed by atoms with Crippen LogP contribution in [0.3, 0.4) is 0 Å². The van der Waals surface area contributed by atoms with Crippen molar-refractivity contribution in [3.63, 3.8) is 0 Å². The maximum absolute atomic E-state index is 15.5. The molecule has 13 heteroatoms. The quantitative estimate of drug-likeness (QED) is 0.0335. The van der Waals surface area contributed by atoms with Crippen molar-refractivity contribution >= 4 is 72.6 Å². The molecular weight excluding hydrogens is 941 g/mol. The molecule has 1 unspecified atom stereocenters. The summed E-state index contributed by atoms with van der Waals surface area (Å²) in [6.07, 6.45) is -1.12. The minimum atomic E-state index is -3.53. The lowest BCUT2D eigenvalue weighted by atomic mass is 9.48. The highest BCUT2D eigenvalue weighted by atomic mass is 28.4. The molecule has 4 aromatic carbocycles. The number of methoxy groups -OCH3 is 1. The van der Waals surface area contributed by atoms with Crippen LogP contribution >= 0.6 is 0 Å². The first-order valence-electron chi connectivity index (χ1n) is 25.3. The highest BCUT2D eigenvalue weighted by Gasteiger charge is 2.72. The predicted molar refractivity (Wildman–Crippen MR) is 282 cm³/mol. The number of hydrogen-bond acceptors (Lipinski definition) is 11. The maximum Gasteiger partial charge on any atom is 0.320 e. The zero-order valence-electron chi connectivity index (χ0n) is 43.4. The van der Waals surface area contributed by atoms with Crippen LogP contribution < -0.4 is 20.7 Å². The van der Waals surface area contributed by atoms with Gasteiger partial charge in [0.25, 0.3) is 16.6 Å². The monoisotopic (exact) mass is 1010 g/mol. The van der Waals surface area contributed by atoms with Crippen molar-refractivity contribution in [3.05, 3.63) is 134 Å². The number of esters is 3. The second-order valence-electron chi connectivity index (χ2n) is 22.2. The van der Waals surface area contributed by atoms with Gasteiger partial charge in [-0.15, -0.1) is 0 Å². The van der Waals surface area contributed by atoms with E-state index in [-0.39, 0.29) is 49.7 Å².